The van der Waals surface area contributed by atoms with Gasteiger partial charge in [0.1, 0.15) is 32.5 Å². The van der Waals surface area contributed by atoms with E-state index in [9.17, 15) is 57.5 Å². The first-order valence-electron chi connectivity index (χ1n) is 47.6. The van der Waals surface area contributed by atoms with Gasteiger partial charge in [0, 0.05) is 12.8 Å². The van der Waals surface area contributed by atoms with E-state index in [-0.39, 0.29) is 98.2 Å². The number of hydrogen-bond acceptors (Lipinski definition) is 22. The lowest BCUT2D eigenvalue weighted by Gasteiger charge is -2.33. The summed E-state index contributed by atoms with van der Waals surface area (Å²) in [4.78, 5) is 139. The summed E-state index contributed by atoms with van der Waals surface area (Å²) in [7, 11) is 0. The Balaban J connectivity index is 0.00000152. The number of unbranched alkanes of at least 4 members (excludes halogenated alkanes) is 6. The first kappa shape index (κ1) is 117. The predicted octanol–water partition coefficient (Wildman–Crippen LogP) is 21.7. The highest BCUT2D eigenvalue weighted by Gasteiger charge is 2.55. The normalized spacial score (nSPS) is 18.2. The van der Waals surface area contributed by atoms with Gasteiger partial charge >= 0.3 is 71.9 Å². The number of amides is 2. The molecule has 4 aliphatic carbocycles. The van der Waals surface area contributed by atoms with Crippen molar-refractivity contribution < 1.29 is 115 Å². The quantitative estimate of drug-likeness (QED) is 0.0267. The van der Waals surface area contributed by atoms with Gasteiger partial charge in [0.05, 0.1) is 90.6 Å². The number of alkyl carbamates (subject to hydrolysis) is 2. The Kier molecular flexibility index (Phi) is 60.4. The van der Waals surface area contributed by atoms with E-state index in [1.807, 2.05) is 109 Å². The molecule has 26 heteroatoms. The molecule has 0 spiro atoms. The molecular formula is C99H172N2O24. The summed E-state index contributed by atoms with van der Waals surface area (Å²) in [5, 5.41) is 22.9. The number of aliphatic carboxylic acids is 1. The summed E-state index contributed by atoms with van der Waals surface area (Å²) < 4.78 is 52.3. The number of benzene rings is 1. The van der Waals surface area contributed by atoms with Gasteiger partial charge in [0.15, 0.2) is 0 Å². The first-order chi connectivity index (χ1) is 58.9. The predicted molar refractivity (Wildman–Crippen MR) is 486 cm³/mol. The average molecular weight is 1770 g/mol. The summed E-state index contributed by atoms with van der Waals surface area (Å²) in [5.41, 5.74) is -0.660. The van der Waals surface area contributed by atoms with Gasteiger partial charge in [-0.25, -0.2) is 14.4 Å². The molecule has 0 radical (unpaired) electrons. The molecule has 4 N–H and O–H groups in total. The maximum absolute atomic E-state index is 12.2. The van der Waals surface area contributed by atoms with E-state index >= 15 is 0 Å². The highest BCUT2D eigenvalue weighted by atomic mass is 16.6. The molecule has 10 unspecified atom stereocenters. The topological polar surface area (TPSA) is 362 Å². The number of carbonyl (C=O) groups is 12. The van der Waals surface area contributed by atoms with E-state index in [0.717, 1.165) is 120 Å². The number of hydrogen-bond donors (Lipinski definition) is 4. The van der Waals surface area contributed by atoms with Crippen LogP contribution in [0.15, 0.2) is 24.3 Å². The van der Waals surface area contributed by atoms with Crippen LogP contribution in [0.3, 0.4) is 0 Å². The molecule has 2 amide bonds. The second kappa shape index (κ2) is 64.2. The summed E-state index contributed by atoms with van der Waals surface area (Å²) in [6.45, 7) is 48.2. The standard InChI is InChI=1S/2C23H43NO6.C16H26O6.C16H26O2.C11H14O2.C10H20O2/c2*1-6-9-13-19(7-2)18-30-20(25)14-11-10-12-16-29-22(27)24-15-17-28-21(26)23(4,5)8-3;1-4-16(2,3)15(20)22-10-9-21-14(19)12-8-6-5-7-11(12)13(17)18;1-4-16(2,3)15(17)18-14-9-10-8-13(14)12-7-5-6-11(10)12;1-3-8(2)9-4-6-10(7-5-9)11(12)13;1-6-10(4,5)9(11)12-7-8(2)3/h2*19H,6-18H2,1-5H3,(H,24,27);11-12H,4-10H2,1-3H3,(H,17,18);10-14H,4-9H2,1-3H3;4-8H,3H2,1-2H3,(H,12,13);8H,6-7H2,1-5H3. The van der Waals surface area contributed by atoms with E-state index in [4.69, 9.17) is 57.6 Å². The van der Waals surface area contributed by atoms with Crippen molar-refractivity contribution >= 4 is 71.9 Å². The van der Waals surface area contributed by atoms with Crippen LogP contribution in [0.2, 0.25) is 0 Å². The van der Waals surface area contributed by atoms with Crippen molar-refractivity contribution in [3.8, 4) is 0 Å². The van der Waals surface area contributed by atoms with Gasteiger partial charge in [-0.3, -0.25) is 43.2 Å². The third-order valence-electron chi connectivity index (χ3n) is 25.4. The number of rotatable bonds is 51. The Morgan fingerprint density at radius 3 is 1.21 bits per heavy atom. The summed E-state index contributed by atoms with van der Waals surface area (Å²) in [5.74, 6) is 0.462. The van der Waals surface area contributed by atoms with Crippen molar-refractivity contribution in [1.29, 1.82) is 0 Å². The zero-order valence-electron chi connectivity index (χ0n) is 81.7. The van der Waals surface area contributed by atoms with Crippen LogP contribution in [0.25, 0.3) is 0 Å². The molecule has 26 nitrogen and oxygen atoms in total. The summed E-state index contributed by atoms with van der Waals surface area (Å²) >= 11 is 0. The fraction of sp³-hybridized carbons (Fsp3) is 0.818. The molecule has 0 heterocycles. The second-order valence-corrected chi connectivity index (χ2v) is 37.9. The van der Waals surface area contributed by atoms with E-state index in [1.165, 1.54) is 44.1 Å². The number of carboxylic acids is 2. The van der Waals surface area contributed by atoms with Gasteiger partial charge in [-0.05, 0) is 263 Å². The van der Waals surface area contributed by atoms with Crippen LogP contribution >= 0.6 is 0 Å². The van der Waals surface area contributed by atoms with Crippen LogP contribution in [-0.2, 0) is 90.5 Å². The average Bonchev–Trinajstić information content (AvgIpc) is 1.59. The van der Waals surface area contributed by atoms with Crippen LogP contribution in [-0.4, -0.2) is 161 Å². The van der Waals surface area contributed by atoms with Crippen molar-refractivity contribution in [1.82, 2.24) is 10.6 Å². The van der Waals surface area contributed by atoms with Crippen LogP contribution in [0, 0.1) is 80.3 Å². The van der Waals surface area contributed by atoms with E-state index in [2.05, 4.69) is 59.1 Å². The van der Waals surface area contributed by atoms with Crippen molar-refractivity contribution in [2.75, 3.05) is 72.6 Å². The fourth-order valence-corrected chi connectivity index (χ4v) is 13.9. The maximum Gasteiger partial charge on any atom is 0.407 e. The van der Waals surface area contributed by atoms with E-state index in [1.54, 1.807) is 26.0 Å². The van der Waals surface area contributed by atoms with E-state index < -0.39 is 58.2 Å². The minimum absolute atomic E-state index is 0.00153. The lowest BCUT2D eigenvalue weighted by molar-refractivity contribution is -0.164. The number of carboxylic acid groups (broad SMARTS) is 2. The molecule has 2 bridgehead atoms. The zero-order valence-corrected chi connectivity index (χ0v) is 81.7. The number of carbonyl (C=O) groups excluding carboxylic acids is 10. The van der Waals surface area contributed by atoms with Gasteiger partial charge < -0.3 is 68.2 Å². The highest BCUT2D eigenvalue weighted by molar-refractivity contribution is 5.87. The Morgan fingerprint density at radius 1 is 0.400 bits per heavy atom. The van der Waals surface area contributed by atoms with Gasteiger partial charge in [-0.1, -0.05) is 160 Å². The summed E-state index contributed by atoms with van der Waals surface area (Å²) in [6.07, 6.45) is 27.6. The molecule has 1 aromatic rings. The lowest BCUT2D eigenvalue weighted by atomic mass is 9.79. The van der Waals surface area contributed by atoms with Crippen LogP contribution in [0.1, 0.15) is 380 Å². The van der Waals surface area contributed by atoms with Gasteiger partial charge in [-0.2, -0.15) is 0 Å². The molecule has 4 saturated carbocycles. The fourth-order valence-electron chi connectivity index (χ4n) is 13.9. The number of esters is 8. The van der Waals surface area contributed by atoms with Crippen molar-refractivity contribution in [2.45, 2.75) is 370 Å². The maximum atomic E-state index is 12.2. The molecule has 125 heavy (non-hydrogen) atoms. The minimum Gasteiger partial charge on any atom is -0.481 e. The molecule has 4 fully saturated rings. The summed E-state index contributed by atoms with van der Waals surface area (Å²) in [6, 6.07) is 7.09. The number of aromatic carboxylic acids is 1. The van der Waals surface area contributed by atoms with Crippen LogP contribution in [0.5, 0.6) is 0 Å². The molecule has 5 rings (SSSR count). The van der Waals surface area contributed by atoms with Gasteiger partial charge in [0.25, 0.3) is 0 Å². The number of ether oxygens (including phenoxy) is 10. The van der Waals surface area contributed by atoms with Crippen LogP contribution in [0.4, 0.5) is 9.59 Å². The highest BCUT2D eigenvalue weighted by Crippen LogP contribution is 2.59. The third-order valence-corrected chi connectivity index (χ3v) is 25.4. The second-order valence-electron chi connectivity index (χ2n) is 37.9. The Bertz CT molecular complexity index is 3160. The van der Waals surface area contributed by atoms with Gasteiger partial charge in [0.2, 0.25) is 0 Å². The molecule has 0 aromatic heterocycles. The largest absolute Gasteiger partial charge is 0.481 e. The molecular weight excluding hydrogens is 1600 g/mol. The zero-order chi connectivity index (χ0) is 94.9. The van der Waals surface area contributed by atoms with Crippen molar-refractivity contribution in [2.24, 2.45) is 80.3 Å². The monoisotopic (exact) mass is 1770 g/mol. The number of nitrogens with one attached hydrogen (secondary N) is 2. The van der Waals surface area contributed by atoms with Gasteiger partial charge in [-0.15, -0.1) is 0 Å². The first-order valence-corrected chi connectivity index (χ1v) is 47.6. The molecule has 10 atom stereocenters. The lowest BCUT2D eigenvalue weighted by Crippen LogP contribution is -2.36. The van der Waals surface area contributed by atoms with Crippen LogP contribution < -0.4 is 10.6 Å². The minimum atomic E-state index is -0.947. The molecule has 0 saturated heterocycles. The SMILES string of the molecule is CCC(C)(C)C(=O)OC1CC2CC1C1CCCC21.CCC(C)(C)C(=O)OCC(C)C.CCC(C)(C)C(=O)OCCOC(=O)C1CCCCC1C(=O)O.CCC(C)c1ccc(C(=O)O)cc1.CCCCC(CC)COC(=O)CCCCCOC(=O)NCCOC(=O)C(C)(C)CC.CCCCC(CC)COC(=O)CCCCCOC(=O)NCCOC(=O)C(C)(C)CC. The van der Waals surface area contributed by atoms with Crippen molar-refractivity contribution in [3.05, 3.63) is 35.4 Å². The third kappa shape index (κ3) is 49.0. The smallest absolute Gasteiger partial charge is 0.407 e. The Hall–Kier alpha value is -7.54. The molecule has 722 valence electrons. The van der Waals surface area contributed by atoms with E-state index in [0.29, 0.717) is 126 Å². The molecule has 0 aliphatic heterocycles. The molecule has 4 aliphatic rings. The number of fused-ring (bicyclic) bond motifs is 5. The molecule has 1 aromatic carbocycles. The van der Waals surface area contributed by atoms with Crippen molar-refractivity contribution in [3.63, 3.8) is 0 Å². The Morgan fingerprint density at radius 2 is 0.808 bits per heavy atom. The Labute approximate surface area is 752 Å².